The minimum Gasteiger partial charge on any atom is -0.485 e. The van der Waals surface area contributed by atoms with E-state index in [0.717, 1.165) is 29.1 Å². The van der Waals surface area contributed by atoms with Gasteiger partial charge in [0.05, 0.1) is 0 Å². The third-order valence-electron chi connectivity index (χ3n) is 3.21. The summed E-state index contributed by atoms with van der Waals surface area (Å²) in [6.45, 7) is 1.16. The molecule has 0 unspecified atom stereocenters. The molecule has 0 bridgehead atoms. The Bertz CT molecular complexity index is 691. The number of fused-ring (bicyclic) bond motifs is 1. The van der Waals surface area contributed by atoms with Gasteiger partial charge in [-0.2, -0.15) is 0 Å². The fraction of sp³-hybridized carbons (Fsp3) is 0.188. The molecule has 2 N–H and O–H groups in total. The number of imidazole rings is 1. The summed E-state index contributed by atoms with van der Waals surface area (Å²) < 4.78 is 7.92. The number of hydrogen-bond acceptors (Lipinski definition) is 3. The monoisotopic (exact) mass is 267 g/mol. The maximum atomic E-state index is 5.88. The van der Waals surface area contributed by atoms with Crippen LogP contribution in [0.25, 0.3) is 5.65 Å². The van der Waals surface area contributed by atoms with Gasteiger partial charge < -0.3 is 14.9 Å². The molecule has 0 saturated carbocycles. The van der Waals surface area contributed by atoms with Gasteiger partial charge in [0.15, 0.2) is 11.4 Å². The molecular weight excluding hydrogens is 250 g/mol. The van der Waals surface area contributed by atoms with E-state index < -0.39 is 0 Å². The Morgan fingerprint density at radius 1 is 1.10 bits per heavy atom. The van der Waals surface area contributed by atoms with Crippen LogP contribution in [-0.4, -0.2) is 15.9 Å². The lowest BCUT2D eigenvalue weighted by Crippen LogP contribution is -2.05. The van der Waals surface area contributed by atoms with Gasteiger partial charge in [-0.3, -0.25) is 0 Å². The fourth-order valence-corrected chi connectivity index (χ4v) is 2.22. The van der Waals surface area contributed by atoms with E-state index in [2.05, 4.69) is 4.98 Å². The van der Waals surface area contributed by atoms with Crippen LogP contribution in [0, 0.1) is 0 Å². The molecule has 0 aliphatic carbocycles. The molecule has 0 aliphatic rings. The highest BCUT2D eigenvalue weighted by Gasteiger charge is 2.07. The van der Waals surface area contributed by atoms with Crippen molar-refractivity contribution in [2.75, 3.05) is 6.54 Å². The van der Waals surface area contributed by atoms with Gasteiger partial charge in [-0.25, -0.2) is 4.98 Å². The second kappa shape index (κ2) is 5.75. The zero-order valence-electron chi connectivity index (χ0n) is 11.2. The fourth-order valence-electron chi connectivity index (χ4n) is 2.22. The van der Waals surface area contributed by atoms with Gasteiger partial charge >= 0.3 is 0 Å². The maximum absolute atomic E-state index is 5.88. The minimum absolute atomic E-state index is 0.541. The van der Waals surface area contributed by atoms with Crippen LogP contribution >= 0.6 is 0 Å². The summed E-state index contributed by atoms with van der Waals surface area (Å²) in [5.74, 6) is 0.791. The van der Waals surface area contributed by atoms with E-state index in [-0.39, 0.29) is 0 Å². The van der Waals surface area contributed by atoms with E-state index in [1.807, 2.05) is 59.3 Å². The van der Waals surface area contributed by atoms with E-state index in [0.29, 0.717) is 13.2 Å². The molecular formula is C16H17N3O. The average molecular weight is 267 g/mol. The van der Waals surface area contributed by atoms with Crippen molar-refractivity contribution < 1.29 is 4.74 Å². The molecule has 2 aromatic heterocycles. The standard InChI is InChI=1S/C16H17N3O/c17-9-8-14-11-18-16-15(7-4-10-19(14)16)20-12-13-5-2-1-3-6-13/h1-7,10-11H,8-9,12,17H2. The first kappa shape index (κ1) is 12.7. The zero-order chi connectivity index (χ0) is 13.8. The number of ether oxygens (including phenoxy) is 1. The molecule has 20 heavy (non-hydrogen) atoms. The van der Waals surface area contributed by atoms with Gasteiger partial charge in [0.2, 0.25) is 0 Å². The molecule has 0 spiro atoms. The van der Waals surface area contributed by atoms with Crippen LogP contribution < -0.4 is 10.5 Å². The summed E-state index contributed by atoms with van der Waals surface area (Å²) in [5, 5.41) is 0. The first-order chi connectivity index (χ1) is 9.88. The second-order valence-corrected chi connectivity index (χ2v) is 4.63. The molecule has 0 atom stereocenters. The Kier molecular flexibility index (Phi) is 3.65. The zero-order valence-corrected chi connectivity index (χ0v) is 11.2. The Labute approximate surface area is 117 Å². The molecule has 0 aliphatic heterocycles. The average Bonchev–Trinajstić information content (AvgIpc) is 2.91. The Morgan fingerprint density at radius 2 is 1.95 bits per heavy atom. The molecule has 4 nitrogen and oxygen atoms in total. The number of hydrogen-bond donors (Lipinski definition) is 1. The van der Waals surface area contributed by atoms with Crippen molar-refractivity contribution in [2.24, 2.45) is 5.73 Å². The smallest absolute Gasteiger partial charge is 0.179 e. The number of rotatable bonds is 5. The predicted molar refractivity (Wildman–Crippen MR) is 78.7 cm³/mol. The van der Waals surface area contributed by atoms with Crippen LogP contribution in [-0.2, 0) is 13.0 Å². The number of benzene rings is 1. The van der Waals surface area contributed by atoms with Crippen molar-refractivity contribution >= 4 is 5.65 Å². The van der Waals surface area contributed by atoms with Crippen LogP contribution in [0.2, 0.25) is 0 Å². The van der Waals surface area contributed by atoms with E-state index in [9.17, 15) is 0 Å². The van der Waals surface area contributed by atoms with Crippen molar-refractivity contribution in [3.8, 4) is 5.75 Å². The number of aromatic nitrogens is 2. The molecule has 1 aromatic carbocycles. The predicted octanol–water partition coefficient (Wildman–Crippen LogP) is 2.41. The third-order valence-corrected chi connectivity index (χ3v) is 3.21. The molecule has 2 heterocycles. The highest BCUT2D eigenvalue weighted by atomic mass is 16.5. The summed E-state index contributed by atoms with van der Waals surface area (Å²) in [7, 11) is 0. The number of nitrogens with two attached hydrogens (primary N) is 1. The van der Waals surface area contributed by atoms with E-state index in [1.54, 1.807) is 0 Å². The van der Waals surface area contributed by atoms with Gasteiger partial charge in [-0.1, -0.05) is 30.3 Å². The lowest BCUT2D eigenvalue weighted by atomic mass is 10.2. The van der Waals surface area contributed by atoms with Gasteiger partial charge in [0.25, 0.3) is 0 Å². The van der Waals surface area contributed by atoms with Crippen molar-refractivity contribution in [2.45, 2.75) is 13.0 Å². The molecule has 0 radical (unpaired) electrons. The molecule has 0 saturated heterocycles. The number of nitrogens with zero attached hydrogens (tertiary/aromatic N) is 2. The van der Waals surface area contributed by atoms with Gasteiger partial charge in [-0.05, 0) is 24.2 Å². The van der Waals surface area contributed by atoms with Crippen LogP contribution in [0.4, 0.5) is 0 Å². The third kappa shape index (κ3) is 2.51. The molecule has 3 aromatic rings. The van der Waals surface area contributed by atoms with Gasteiger partial charge in [0.1, 0.15) is 6.61 Å². The van der Waals surface area contributed by atoms with Gasteiger partial charge in [0, 0.05) is 24.5 Å². The van der Waals surface area contributed by atoms with Crippen LogP contribution in [0.1, 0.15) is 11.3 Å². The first-order valence-electron chi connectivity index (χ1n) is 6.70. The summed E-state index contributed by atoms with van der Waals surface area (Å²) in [5.41, 5.74) is 8.70. The van der Waals surface area contributed by atoms with Crippen LogP contribution in [0.15, 0.2) is 54.9 Å². The second-order valence-electron chi connectivity index (χ2n) is 4.63. The SMILES string of the molecule is NCCc1cnc2c(OCc3ccccc3)cccn12. The van der Waals surface area contributed by atoms with Crippen molar-refractivity contribution in [1.82, 2.24) is 9.38 Å². The highest BCUT2D eigenvalue weighted by Crippen LogP contribution is 2.20. The quantitative estimate of drug-likeness (QED) is 0.772. The summed E-state index contributed by atoms with van der Waals surface area (Å²) >= 11 is 0. The molecule has 3 rings (SSSR count). The minimum atomic E-state index is 0.541. The number of pyridine rings is 1. The highest BCUT2D eigenvalue weighted by molar-refractivity contribution is 5.54. The van der Waals surface area contributed by atoms with E-state index in [1.165, 1.54) is 0 Å². The molecule has 4 heteroatoms. The van der Waals surface area contributed by atoms with Crippen molar-refractivity contribution in [3.63, 3.8) is 0 Å². The van der Waals surface area contributed by atoms with Crippen molar-refractivity contribution in [1.29, 1.82) is 0 Å². The maximum Gasteiger partial charge on any atom is 0.179 e. The first-order valence-corrected chi connectivity index (χ1v) is 6.70. The van der Waals surface area contributed by atoms with Gasteiger partial charge in [-0.15, -0.1) is 0 Å². The molecule has 0 fully saturated rings. The Morgan fingerprint density at radius 3 is 2.75 bits per heavy atom. The lowest BCUT2D eigenvalue weighted by molar-refractivity contribution is 0.308. The van der Waals surface area contributed by atoms with E-state index in [4.69, 9.17) is 10.5 Å². The lowest BCUT2D eigenvalue weighted by Gasteiger charge is -2.08. The van der Waals surface area contributed by atoms with Crippen LogP contribution in [0.3, 0.4) is 0 Å². The summed E-state index contributed by atoms with van der Waals surface area (Å²) in [4.78, 5) is 4.43. The molecule has 0 amide bonds. The summed E-state index contributed by atoms with van der Waals surface area (Å²) in [6.07, 6.45) is 4.66. The molecule has 102 valence electrons. The van der Waals surface area contributed by atoms with Crippen molar-refractivity contribution in [3.05, 3.63) is 66.1 Å². The normalized spacial score (nSPS) is 10.8. The Balaban J connectivity index is 1.85. The topological polar surface area (TPSA) is 52.5 Å². The largest absolute Gasteiger partial charge is 0.485 e. The van der Waals surface area contributed by atoms with E-state index >= 15 is 0 Å². The Hall–Kier alpha value is -2.33. The van der Waals surface area contributed by atoms with Crippen LogP contribution in [0.5, 0.6) is 5.75 Å². The summed E-state index contributed by atoms with van der Waals surface area (Å²) in [6, 6.07) is 14.0.